The molecule has 0 aliphatic rings. The molecule has 0 saturated heterocycles. The average molecular weight is 241 g/mol. The van der Waals surface area contributed by atoms with Crippen LogP contribution >= 0.6 is 11.3 Å². The maximum absolute atomic E-state index is 11.7. The van der Waals surface area contributed by atoms with E-state index in [1.807, 2.05) is 19.4 Å². The van der Waals surface area contributed by atoms with Gasteiger partial charge in [0.2, 0.25) is 5.91 Å². The molecule has 5 heteroatoms. The Morgan fingerprint density at radius 3 is 2.94 bits per heavy atom. The molecule has 0 fully saturated rings. The molecule has 4 nitrogen and oxygen atoms in total. The van der Waals surface area contributed by atoms with Crippen LogP contribution in [-0.4, -0.2) is 35.9 Å². The van der Waals surface area contributed by atoms with Crippen molar-refractivity contribution in [2.75, 3.05) is 20.1 Å². The van der Waals surface area contributed by atoms with E-state index >= 15 is 0 Å². The first-order valence-corrected chi connectivity index (χ1v) is 6.37. The van der Waals surface area contributed by atoms with Crippen LogP contribution < -0.4 is 5.32 Å². The fraction of sp³-hybridized carbons (Fsp3) is 0.636. The molecule has 90 valence electrons. The van der Waals surface area contributed by atoms with Crippen LogP contribution in [-0.2, 0) is 11.3 Å². The summed E-state index contributed by atoms with van der Waals surface area (Å²) < 4.78 is 0. The Morgan fingerprint density at radius 2 is 2.38 bits per heavy atom. The van der Waals surface area contributed by atoms with Crippen LogP contribution in [0.3, 0.4) is 0 Å². The summed E-state index contributed by atoms with van der Waals surface area (Å²) in [7, 11) is 1.81. The molecule has 0 aliphatic heterocycles. The smallest absolute Gasteiger partial charge is 0.236 e. The highest BCUT2D eigenvalue weighted by Crippen LogP contribution is 2.09. The van der Waals surface area contributed by atoms with E-state index in [9.17, 15) is 4.79 Å². The summed E-state index contributed by atoms with van der Waals surface area (Å²) >= 11 is 1.61. The van der Waals surface area contributed by atoms with E-state index in [2.05, 4.69) is 17.2 Å². The molecule has 0 spiro atoms. The van der Waals surface area contributed by atoms with Crippen LogP contribution in [0, 0.1) is 6.92 Å². The second kappa shape index (κ2) is 6.60. The highest BCUT2D eigenvalue weighted by molar-refractivity contribution is 7.09. The molecular weight excluding hydrogens is 222 g/mol. The van der Waals surface area contributed by atoms with Gasteiger partial charge >= 0.3 is 0 Å². The summed E-state index contributed by atoms with van der Waals surface area (Å²) in [5, 5.41) is 6.14. The van der Waals surface area contributed by atoms with Gasteiger partial charge in [0.25, 0.3) is 0 Å². The van der Waals surface area contributed by atoms with Gasteiger partial charge in [0.15, 0.2) is 0 Å². The summed E-state index contributed by atoms with van der Waals surface area (Å²) in [4.78, 5) is 17.7. The molecule has 0 atom stereocenters. The standard InChI is InChI=1S/C11H19N3OS/c1-4-5-12-6-11(15)14(3)7-10-8-16-9(2)13-10/h8,12H,4-7H2,1-3H3. The molecule has 1 rings (SSSR count). The fourth-order valence-corrected chi connectivity index (χ4v) is 1.92. The summed E-state index contributed by atoms with van der Waals surface area (Å²) in [6, 6.07) is 0. The lowest BCUT2D eigenvalue weighted by molar-refractivity contribution is -0.129. The largest absolute Gasteiger partial charge is 0.339 e. The first kappa shape index (κ1) is 13.1. The van der Waals surface area contributed by atoms with Crippen LogP contribution in [0.25, 0.3) is 0 Å². The predicted molar refractivity (Wildman–Crippen MR) is 66.5 cm³/mol. The van der Waals surface area contributed by atoms with E-state index in [0.29, 0.717) is 13.1 Å². The molecule has 1 N–H and O–H groups in total. The summed E-state index contributed by atoms with van der Waals surface area (Å²) in [5.74, 6) is 0.110. The Morgan fingerprint density at radius 1 is 1.62 bits per heavy atom. The topological polar surface area (TPSA) is 45.2 Å². The molecule has 1 amide bonds. The number of hydrogen-bond acceptors (Lipinski definition) is 4. The first-order valence-electron chi connectivity index (χ1n) is 5.49. The number of likely N-dealkylation sites (N-methyl/N-ethyl adjacent to an activating group) is 1. The lowest BCUT2D eigenvalue weighted by atomic mass is 10.4. The Balaban J connectivity index is 2.34. The van der Waals surface area contributed by atoms with Gasteiger partial charge in [0.1, 0.15) is 0 Å². The molecule has 0 aliphatic carbocycles. The summed E-state index contributed by atoms with van der Waals surface area (Å²) in [5.41, 5.74) is 0.967. The molecule has 0 unspecified atom stereocenters. The van der Waals surface area contributed by atoms with Crippen LogP contribution in [0.5, 0.6) is 0 Å². The summed E-state index contributed by atoms with van der Waals surface area (Å²) in [6.45, 7) is 5.94. The second-order valence-electron chi connectivity index (χ2n) is 3.78. The third kappa shape index (κ3) is 4.28. The number of nitrogens with one attached hydrogen (secondary N) is 1. The highest BCUT2D eigenvalue weighted by atomic mass is 32.1. The molecule has 1 aromatic heterocycles. The Bertz CT molecular complexity index is 338. The molecule has 0 saturated carbocycles. The average Bonchev–Trinajstić information content (AvgIpc) is 2.64. The van der Waals surface area contributed by atoms with Crippen molar-refractivity contribution in [2.24, 2.45) is 0 Å². The van der Waals surface area contributed by atoms with E-state index in [1.54, 1.807) is 16.2 Å². The van der Waals surface area contributed by atoms with Crippen molar-refractivity contribution in [3.63, 3.8) is 0 Å². The normalized spacial score (nSPS) is 10.4. The Kier molecular flexibility index (Phi) is 5.42. The minimum atomic E-state index is 0.110. The minimum Gasteiger partial charge on any atom is -0.339 e. The minimum absolute atomic E-state index is 0.110. The summed E-state index contributed by atoms with van der Waals surface area (Å²) in [6.07, 6.45) is 1.04. The van der Waals surface area contributed by atoms with Crippen molar-refractivity contribution < 1.29 is 4.79 Å². The zero-order valence-electron chi connectivity index (χ0n) is 10.1. The third-order valence-corrected chi connectivity index (χ3v) is 3.02. The van der Waals surface area contributed by atoms with Gasteiger partial charge in [-0.3, -0.25) is 4.79 Å². The van der Waals surface area contributed by atoms with E-state index in [0.717, 1.165) is 23.7 Å². The van der Waals surface area contributed by atoms with Crippen LogP contribution in [0.4, 0.5) is 0 Å². The van der Waals surface area contributed by atoms with Crippen LogP contribution in [0.1, 0.15) is 24.0 Å². The molecule has 0 aromatic carbocycles. The van der Waals surface area contributed by atoms with Gasteiger partial charge in [-0.15, -0.1) is 11.3 Å². The molecular formula is C11H19N3OS. The Labute approximate surface area is 101 Å². The van der Waals surface area contributed by atoms with Crippen molar-refractivity contribution in [2.45, 2.75) is 26.8 Å². The number of aromatic nitrogens is 1. The zero-order chi connectivity index (χ0) is 12.0. The molecule has 16 heavy (non-hydrogen) atoms. The Hall–Kier alpha value is -0.940. The first-order chi connectivity index (χ1) is 7.63. The maximum atomic E-state index is 11.7. The van der Waals surface area contributed by atoms with E-state index in [1.165, 1.54) is 0 Å². The van der Waals surface area contributed by atoms with Crippen LogP contribution in [0.15, 0.2) is 5.38 Å². The van der Waals surface area contributed by atoms with Gasteiger partial charge in [-0.1, -0.05) is 6.92 Å². The SMILES string of the molecule is CCCNCC(=O)N(C)Cc1csc(C)n1. The van der Waals surface area contributed by atoms with E-state index < -0.39 is 0 Å². The monoisotopic (exact) mass is 241 g/mol. The number of carbonyl (C=O) groups excluding carboxylic acids is 1. The number of rotatable bonds is 6. The quantitative estimate of drug-likeness (QED) is 0.766. The highest BCUT2D eigenvalue weighted by Gasteiger charge is 2.09. The fourth-order valence-electron chi connectivity index (χ4n) is 1.32. The van der Waals surface area contributed by atoms with E-state index in [-0.39, 0.29) is 5.91 Å². The lowest BCUT2D eigenvalue weighted by Crippen LogP contribution is -2.35. The third-order valence-electron chi connectivity index (χ3n) is 2.19. The predicted octanol–water partition coefficient (Wildman–Crippen LogP) is 1.41. The van der Waals surface area contributed by atoms with Crippen molar-refractivity contribution in [3.05, 3.63) is 16.1 Å². The van der Waals surface area contributed by atoms with Gasteiger partial charge in [-0.05, 0) is 19.9 Å². The van der Waals surface area contributed by atoms with Gasteiger partial charge in [0.05, 0.1) is 23.8 Å². The van der Waals surface area contributed by atoms with Crippen molar-refractivity contribution >= 4 is 17.2 Å². The maximum Gasteiger partial charge on any atom is 0.236 e. The number of nitrogens with zero attached hydrogens (tertiary/aromatic N) is 2. The molecule has 1 aromatic rings. The number of carbonyl (C=O) groups is 1. The number of hydrogen-bond donors (Lipinski definition) is 1. The second-order valence-corrected chi connectivity index (χ2v) is 4.85. The molecule has 0 bridgehead atoms. The van der Waals surface area contributed by atoms with Crippen LogP contribution in [0.2, 0.25) is 0 Å². The van der Waals surface area contributed by atoms with Gasteiger partial charge < -0.3 is 10.2 Å². The molecule has 0 radical (unpaired) electrons. The van der Waals surface area contributed by atoms with Gasteiger partial charge in [-0.2, -0.15) is 0 Å². The van der Waals surface area contributed by atoms with E-state index in [4.69, 9.17) is 0 Å². The number of aryl methyl sites for hydroxylation is 1. The lowest BCUT2D eigenvalue weighted by Gasteiger charge is -2.16. The van der Waals surface area contributed by atoms with Gasteiger partial charge in [0, 0.05) is 12.4 Å². The van der Waals surface area contributed by atoms with Crippen molar-refractivity contribution in [1.82, 2.24) is 15.2 Å². The van der Waals surface area contributed by atoms with Crippen molar-refractivity contribution in [1.29, 1.82) is 0 Å². The van der Waals surface area contributed by atoms with Gasteiger partial charge in [-0.25, -0.2) is 4.98 Å². The zero-order valence-corrected chi connectivity index (χ0v) is 10.9. The number of thiazole rings is 1. The number of amides is 1. The molecule has 1 heterocycles. The van der Waals surface area contributed by atoms with Crippen molar-refractivity contribution in [3.8, 4) is 0 Å².